The van der Waals surface area contributed by atoms with Gasteiger partial charge in [-0.15, -0.1) is 0 Å². The first-order valence-electron chi connectivity index (χ1n) is 5.37. The number of hydrogen-bond acceptors (Lipinski definition) is 4. The maximum Gasteiger partial charge on any atom is 0.267 e. The second-order valence-electron chi connectivity index (χ2n) is 3.84. The molecule has 1 aromatic heterocycles. The zero-order valence-electron chi connectivity index (χ0n) is 10.1. The van der Waals surface area contributed by atoms with E-state index >= 15 is 0 Å². The van der Waals surface area contributed by atoms with Crippen molar-refractivity contribution in [2.45, 2.75) is 4.90 Å². The van der Waals surface area contributed by atoms with Crippen molar-refractivity contribution in [3.8, 4) is 0 Å². The highest BCUT2D eigenvalue weighted by molar-refractivity contribution is 9.10. The van der Waals surface area contributed by atoms with E-state index in [2.05, 4.69) is 20.9 Å². The molecule has 1 aromatic carbocycles. The molecule has 100 valence electrons. The van der Waals surface area contributed by atoms with Gasteiger partial charge in [0.15, 0.2) is 0 Å². The number of anilines is 2. The Morgan fingerprint density at radius 3 is 2.47 bits per heavy atom. The van der Waals surface area contributed by atoms with Gasteiger partial charge in [-0.25, -0.2) is 8.42 Å². The van der Waals surface area contributed by atoms with Crippen LogP contribution in [0.15, 0.2) is 52.1 Å². The van der Waals surface area contributed by atoms with Crippen molar-refractivity contribution in [1.82, 2.24) is 4.98 Å². The lowest BCUT2D eigenvalue weighted by atomic mass is 10.3. The molecule has 5 nitrogen and oxygen atoms in total. The second kappa shape index (κ2) is 5.18. The lowest BCUT2D eigenvalue weighted by molar-refractivity contribution is 0.594. The Bertz CT molecular complexity index is 689. The fourth-order valence-electron chi connectivity index (χ4n) is 1.56. The Kier molecular flexibility index (Phi) is 3.77. The summed E-state index contributed by atoms with van der Waals surface area (Å²) in [6.07, 6.45) is 2.70. The van der Waals surface area contributed by atoms with Gasteiger partial charge in [0.05, 0.1) is 15.8 Å². The van der Waals surface area contributed by atoms with Gasteiger partial charge in [0.2, 0.25) is 0 Å². The average molecular weight is 342 g/mol. The molecule has 0 atom stereocenters. The molecule has 0 amide bonds. The topological polar surface area (TPSA) is 76.3 Å². The van der Waals surface area contributed by atoms with Crippen molar-refractivity contribution < 1.29 is 8.42 Å². The van der Waals surface area contributed by atoms with E-state index in [-0.39, 0.29) is 10.6 Å². The number of sulfonamides is 1. The van der Waals surface area contributed by atoms with Crippen molar-refractivity contribution in [3.05, 3.63) is 47.2 Å². The van der Waals surface area contributed by atoms with Crippen LogP contribution >= 0.6 is 15.9 Å². The van der Waals surface area contributed by atoms with E-state index in [9.17, 15) is 8.42 Å². The molecule has 7 heteroatoms. The number of pyridine rings is 1. The molecule has 19 heavy (non-hydrogen) atoms. The van der Waals surface area contributed by atoms with Crippen LogP contribution in [0.1, 0.15) is 0 Å². The number of benzene rings is 1. The van der Waals surface area contributed by atoms with Gasteiger partial charge in [0, 0.05) is 19.4 Å². The van der Waals surface area contributed by atoms with Crippen LogP contribution < -0.4 is 10.0 Å². The summed E-state index contributed by atoms with van der Waals surface area (Å²) in [5, 5.41) is 0. The van der Waals surface area contributed by atoms with Crippen molar-refractivity contribution in [3.63, 3.8) is 0 Å². The molecule has 0 fully saturated rings. The summed E-state index contributed by atoms with van der Waals surface area (Å²) < 4.78 is 26.6. The quantitative estimate of drug-likeness (QED) is 0.928. The van der Waals surface area contributed by atoms with E-state index in [1.54, 1.807) is 24.3 Å². The third-order valence-electron chi connectivity index (χ3n) is 2.66. The highest BCUT2D eigenvalue weighted by Gasteiger charge is 2.25. The fourth-order valence-corrected chi connectivity index (χ4v) is 3.30. The van der Waals surface area contributed by atoms with Crippen molar-refractivity contribution >= 4 is 37.3 Å². The number of hydrogen-bond donors (Lipinski definition) is 1. The summed E-state index contributed by atoms with van der Waals surface area (Å²) >= 11 is 3.17. The van der Waals surface area contributed by atoms with E-state index in [0.29, 0.717) is 10.2 Å². The molecular formula is C12H12BrN3O2S. The smallest absolute Gasteiger partial charge is 0.267 e. The molecule has 1 heterocycles. The minimum absolute atomic E-state index is 0.0202. The third kappa shape index (κ3) is 2.57. The molecule has 0 spiro atoms. The lowest BCUT2D eigenvalue weighted by Gasteiger charge is -2.20. The van der Waals surface area contributed by atoms with E-state index in [1.165, 1.54) is 23.7 Å². The Balaban J connectivity index is 2.52. The summed E-state index contributed by atoms with van der Waals surface area (Å²) in [6.45, 7) is 0. The molecule has 0 saturated carbocycles. The molecule has 0 aliphatic heterocycles. The lowest BCUT2D eigenvalue weighted by Crippen LogP contribution is -2.27. The van der Waals surface area contributed by atoms with Gasteiger partial charge >= 0.3 is 0 Å². The molecular weight excluding hydrogens is 330 g/mol. The second-order valence-corrected chi connectivity index (χ2v) is 6.63. The molecule has 0 bridgehead atoms. The van der Waals surface area contributed by atoms with Gasteiger partial charge in [0.25, 0.3) is 10.0 Å². The van der Waals surface area contributed by atoms with Gasteiger partial charge in [-0.2, -0.15) is 0 Å². The van der Waals surface area contributed by atoms with Crippen LogP contribution in [0.4, 0.5) is 11.4 Å². The number of nitrogens with zero attached hydrogens (tertiary/aromatic N) is 2. The summed E-state index contributed by atoms with van der Waals surface area (Å²) in [5.41, 5.74) is 6.50. The van der Waals surface area contributed by atoms with Gasteiger partial charge in [0.1, 0.15) is 4.90 Å². The summed E-state index contributed by atoms with van der Waals surface area (Å²) in [5.74, 6) is 0. The first-order valence-corrected chi connectivity index (χ1v) is 7.61. The van der Waals surface area contributed by atoms with Gasteiger partial charge < -0.3 is 5.73 Å². The molecule has 0 aliphatic rings. The van der Waals surface area contributed by atoms with Crippen LogP contribution in [0.25, 0.3) is 0 Å². The number of rotatable bonds is 3. The largest absolute Gasteiger partial charge is 0.397 e. The van der Waals surface area contributed by atoms with Crippen LogP contribution in [-0.2, 0) is 10.0 Å². The predicted octanol–water partition coefficient (Wildman–Crippen LogP) is 2.25. The van der Waals surface area contributed by atoms with Gasteiger partial charge in [-0.3, -0.25) is 9.29 Å². The highest BCUT2D eigenvalue weighted by Crippen LogP contribution is 2.29. The van der Waals surface area contributed by atoms with Gasteiger partial charge in [-0.1, -0.05) is 18.2 Å². The fraction of sp³-hybridized carbons (Fsp3) is 0.0833. The Hall–Kier alpha value is -1.60. The van der Waals surface area contributed by atoms with E-state index < -0.39 is 10.0 Å². The average Bonchev–Trinajstić information content (AvgIpc) is 2.41. The van der Waals surface area contributed by atoms with Crippen molar-refractivity contribution in [1.29, 1.82) is 0 Å². The number of nitrogen functional groups attached to an aromatic ring is 1. The molecule has 0 radical (unpaired) electrons. The van der Waals surface area contributed by atoms with E-state index in [4.69, 9.17) is 5.73 Å². The minimum Gasteiger partial charge on any atom is -0.397 e. The number of aromatic nitrogens is 1. The Morgan fingerprint density at radius 1 is 1.21 bits per heavy atom. The molecule has 2 rings (SSSR count). The standard InChI is InChI=1S/C12H12BrN3O2S/c1-16(9-5-3-2-4-6-9)19(17,18)11-8-15-7-10(13)12(11)14/h2-8H,1H3,(H2,14,15). The molecule has 0 unspecified atom stereocenters. The Morgan fingerprint density at radius 2 is 1.84 bits per heavy atom. The number of nitrogens with two attached hydrogens (primary N) is 1. The normalized spacial score (nSPS) is 11.3. The summed E-state index contributed by atoms with van der Waals surface area (Å²) in [7, 11) is -2.25. The predicted molar refractivity (Wildman–Crippen MR) is 78.4 cm³/mol. The first-order chi connectivity index (χ1) is 8.94. The van der Waals surface area contributed by atoms with Crippen LogP contribution in [0.5, 0.6) is 0 Å². The summed E-state index contributed by atoms with van der Waals surface area (Å²) in [4.78, 5) is 3.83. The maximum absolute atomic E-state index is 12.5. The molecule has 0 saturated heterocycles. The molecule has 0 aliphatic carbocycles. The van der Waals surface area contributed by atoms with Crippen molar-refractivity contribution in [2.24, 2.45) is 0 Å². The highest BCUT2D eigenvalue weighted by atomic mass is 79.9. The van der Waals surface area contributed by atoms with Crippen LogP contribution in [-0.4, -0.2) is 20.4 Å². The van der Waals surface area contributed by atoms with Crippen LogP contribution in [0.3, 0.4) is 0 Å². The zero-order chi connectivity index (χ0) is 14.0. The first kappa shape index (κ1) is 13.8. The minimum atomic E-state index is -3.73. The van der Waals surface area contributed by atoms with Gasteiger partial charge in [-0.05, 0) is 28.1 Å². The molecule has 2 N–H and O–H groups in total. The zero-order valence-corrected chi connectivity index (χ0v) is 12.5. The van der Waals surface area contributed by atoms with Crippen molar-refractivity contribution in [2.75, 3.05) is 17.1 Å². The molecule has 2 aromatic rings. The van der Waals surface area contributed by atoms with Crippen LogP contribution in [0, 0.1) is 0 Å². The summed E-state index contributed by atoms with van der Waals surface area (Å²) in [6, 6.07) is 8.77. The SMILES string of the molecule is CN(c1ccccc1)S(=O)(=O)c1cncc(Br)c1N. The maximum atomic E-state index is 12.5. The van der Waals surface area contributed by atoms with Crippen LogP contribution in [0.2, 0.25) is 0 Å². The van der Waals surface area contributed by atoms with E-state index in [0.717, 1.165) is 0 Å². The number of para-hydroxylation sites is 1. The van der Waals surface area contributed by atoms with E-state index in [1.807, 2.05) is 6.07 Å². The third-order valence-corrected chi connectivity index (χ3v) is 5.11. The monoisotopic (exact) mass is 341 g/mol. The Labute approximate surface area is 120 Å². The number of halogens is 1.